The molecule has 0 saturated carbocycles. The molecule has 19 heavy (non-hydrogen) atoms. The first kappa shape index (κ1) is 13.3. The number of hydrogen-bond donors (Lipinski definition) is 0. The Bertz CT molecular complexity index is 556. The molecule has 0 amide bonds. The first-order valence-corrected chi connectivity index (χ1v) is 6.55. The Labute approximate surface area is 114 Å². The van der Waals surface area contributed by atoms with Crippen molar-refractivity contribution in [1.82, 2.24) is 0 Å². The lowest BCUT2D eigenvalue weighted by molar-refractivity contribution is 0.103. The Hall–Kier alpha value is -2.09. The van der Waals surface area contributed by atoms with Gasteiger partial charge in [-0.2, -0.15) is 0 Å². The fourth-order valence-electron chi connectivity index (χ4n) is 1.85. The van der Waals surface area contributed by atoms with Gasteiger partial charge < -0.3 is 4.74 Å². The number of ketones is 1. The number of aryl methyl sites for hydroxylation is 1. The predicted octanol–water partition coefficient (Wildman–Crippen LogP) is 4.01. The van der Waals surface area contributed by atoms with E-state index in [4.69, 9.17) is 4.74 Å². The van der Waals surface area contributed by atoms with Crippen LogP contribution in [0, 0.1) is 6.92 Å². The molecule has 0 aliphatic carbocycles. The van der Waals surface area contributed by atoms with Crippen molar-refractivity contribution in [3.05, 3.63) is 65.2 Å². The molecular formula is C17H18O2. The summed E-state index contributed by atoms with van der Waals surface area (Å²) in [5.74, 6) is 0.668. The summed E-state index contributed by atoms with van der Waals surface area (Å²) in [6.07, 6.45) is 0.924. The predicted molar refractivity (Wildman–Crippen MR) is 76.8 cm³/mol. The van der Waals surface area contributed by atoms with E-state index in [2.05, 4.69) is 0 Å². The highest BCUT2D eigenvalue weighted by Crippen LogP contribution is 2.22. The van der Waals surface area contributed by atoms with E-state index in [9.17, 15) is 4.79 Å². The Morgan fingerprint density at radius 3 is 2.42 bits per heavy atom. The van der Waals surface area contributed by atoms with Crippen LogP contribution in [0.4, 0.5) is 0 Å². The molecule has 0 radical (unpaired) electrons. The van der Waals surface area contributed by atoms with Gasteiger partial charge in [0.25, 0.3) is 0 Å². The normalized spacial score (nSPS) is 10.2. The number of rotatable bonds is 5. The number of hydrogen-bond acceptors (Lipinski definition) is 2. The summed E-state index contributed by atoms with van der Waals surface area (Å²) < 4.78 is 5.63. The molecule has 2 aromatic carbocycles. The third-order valence-electron chi connectivity index (χ3n) is 2.91. The smallest absolute Gasteiger partial charge is 0.196 e. The second-order valence-corrected chi connectivity index (χ2v) is 4.54. The average molecular weight is 254 g/mol. The molecule has 0 aliphatic heterocycles. The zero-order chi connectivity index (χ0) is 13.7. The number of carbonyl (C=O) groups excluding carboxylic acids is 1. The Morgan fingerprint density at radius 2 is 1.74 bits per heavy atom. The van der Waals surface area contributed by atoms with Crippen molar-refractivity contribution in [3.8, 4) is 5.75 Å². The Balaban J connectivity index is 2.30. The van der Waals surface area contributed by atoms with Gasteiger partial charge in [-0.1, -0.05) is 48.9 Å². The molecule has 0 N–H and O–H groups in total. The summed E-state index contributed by atoms with van der Waals surface area (Å²) in [6, 6.07) is 15.0. The minimum Gasteiger partial charge on any atom is -0.493 e. The Morgan fingerprint density at radius 1 is 1.05 bits per heavy atom. The summed E-state index contributed by atoms with van der Waals surface area (Å²) in [4.78, 5) is 12.5. The molecule has 0 atom stereocenters. The van der Waals surface area contributed by atoms with E-state index < -0.39 is 0 Å². The molecule has 0 heterocycles. The summed E-state index contributed by atoms with van der Waals surface area (Å²) in [7, 11) is 0. The fraction of sp³-hybridized carbons (Fsp3) is 0.235. The standard InChI is InChI=1S/C17H18O2/c1-3-12-19-16-7-5-4-6-15(16)17(18)14-10-8-13(2)9-11-14/h4-11H,3,12H2,1-2H3. The van der Waals surface area contributed by atoms with Crippen molar-refractivity contribution in [2.75, 3.05) is 6.61 Å². The molecule has 0 aromatic heterocycles. The molecule has 2 nitrogen and oxygen atoms in total. The lowest BCUT2D eigenvalue weighted by atomic mass is 10.0. The molecule has 2 heteroatoms. The number of benzene rings is 2. The molecule has 0 bridgehead atoms. The van der Waals surface area contributed by atoms with Crippen molar-refractivity contribution in [1.29, 1.82) is 0 Å². The van der Waals surface area contributed by atoms with Crippen LogP contribution in [0.25, 0.3) is 0 Å². The number of ether oxygens (including phenoxy) is 1. The van der Waals surface area contributed by atoms with E-state index in [1.54, 1.807) is 0 Å². The van der Waals surface area contributed by atoms with Gasteiger partial charge in [-0.05, 0) is 25.5 Å². The van der Waals surface area contributed by atoms with Gasteiger partial charge in [-0.15, -0.1) is 0 Å². The molecule has 98 valence electrons. The van der Waals surface area contributed by atoms with Crippen LogP contribution < -0.4 is 4.74 Å². The maximum absolute atomic E-state index is 12.5. The topological polar surface area (TPSA) is 26.3 Å². The van der Waals surface area contributed by atoms with E-state index in [-0.39, 0.29) is 5.78 Å². The summed E-state index contributed by atoms with van der Waals surface area (Å²) in [5.41, 5.74) is 2.46. The first-order chi connectivity index (χ1) is 9.22. The number of carbonyl (C=O) groups is 1. The monoisotopic (exact) mass is 254 g/mol. The van der Waals surface area contributed by atoms with Crippen molar-refractivity contribution in [2.24, 2.45) is 0 Å². The van der Waals surface area contributed by atoms with Gasteiger partial charge in [0.15, 0.2) is 5.78 Å². The average Bonchev–Trinajstić information content (AvgIpc) is 2.45. The Kier molecular flexibility index (Phi) is 4.35. The van der Waals surface area contributed by atoms with Gasteiger partial charge in [0.1, 0.15) is 5.75 Å². The lowest BCUT2D eigenvalue weighted by Crippen LogP contribution is -2.06. The largest absolute Gasteiger partial charge is 0.493 e. The van der Waals surface area contributed by atoms with Crippen LogP contribution in [0.2, 0.25) is 0 Å². The van der Waals surface area contributed by atoms with Gasteiger partial charge in [-0.25, -0.2) is 0 Å². The zero-order valence-electron chi connectivity index (χ0n) is 11.3. The van der Waals surface area contributed by atoms with Crippen molar-refractivity contribution in [3.63, 3.8) is 0 Å². The van der Waals surface area contributed by atoms with Crippen LogP contribution >= 0.6 is 0 Å². The van der Waals surface area contributed by atoms with E-state index in [1.165, 1.54) is 0 Å². The van der Waals surface area contributed by atoms with Crippen molar-refractivity contribution in [2.45, 2.75) is 20.3 Å². The maximum Gasteiger partial charge on any atom is 0.196 e. The molecular weight excluding hydrogens is 236 g/mol. The summed E-state index contributed by atoms with van der Waals surface area (Å²) >= 11 is 0. The molecule has 0 unspecified atom stereocenters. The third kappa shape index (κ3) is 3.22. The molecule has 2 aromatic rings. The SMILES string of the molecule is CCCOc1ccccc1C(=O)c1ccc(C)cc1. The molecule has 0 fully saturated rings. The van der Waals surface area contributed by atoms with Crippen LogP contribution in [0.5, 0.6) is 5.75 Å². The van der Waals surface area contributed by atoms with E-state index in [0.29, 0.717) is 23.5 Å². The zero-order valence-corrected chi connectivity index (χ0v) is 11.3. The highest BCUT2D eigenvalue weighted by molar-refractivity contribution is 6.10. The second kappa shape index (κ2) is 6.19. The molecule has 0 spiro atoms. The minimum absolute atomic E-state index is 0.00621. The maximum atomic E-state index is 12.5. The molecule has 2 rings (SSSR count). The highest BCUT2D eigenvalue weighted by Gasteiger charge is 2.13. The summed E-state index contributed by atoms with van der Waals surface area (Å²) in [6.45, 7) is 4.68. The first-order valence-electron chi connectivity index (χ1n) is 6.55. The van der Waals surface area contributed by atoms with Crippen LogP contribution in [0.1, 0.15) is 34.8 Å². The van der Waals surface area contributed by atoms with Gasteiger partial charge in [0.2, 0.25) is 0 Å². The van der Waals surface area contributed by atoms with E-state index in [0.717, 1.165) is 12.0 Å². The van der Waals surface area contributed by atoms with E-state index >= 15 is 0 Å². The number of para-hydroxylation sites is 1. The third-order valence-corrected chi connectivity index (χ3v) is 2.91. The highest BCUT2D eigenvalue weighted by atomic mass is 16.5. The van der Waals surface area contributed by atoms with E-state index in [1.807, 2.05) is 62.4 Å². The van der Waals surface area contributed by atoms with Crippen molar-refractivity contribution >= 4 is 5.78 Å². The summed E-state index contributed by atoms with van der Waals surface area (Å²) in [5, 5.41) is 0. The lowest BCUT2D eigenvalue weighted by Gasteiger charge is -2.10. The van der Waals surface area contributed by atoms with Crippen LogP contribution in [-0.2, 0) is 0 Å². The van der Waals surface area contributed by atoms with Crippen LogP contribution in [0.3, 0.4) is 0 Å². The minimum atomic E-state index is 0.00621. The van der Waals surface area contributed by atoms with Gasteiger partial charge in [-0.3, -0.25) is 4.79 Å². The van der Waals surface area contributed by atoms with Gasteiger partial charge in [0.05, 0.1) is 12.2 Å². The van der Waals surface area contributed by atoms with Crippen molar-refractivity contribution < 1.29 is 9.53 Å². The van der Waals surface area contributed by atoms with Crippen LogP contribution in [0.15, 0.2) is 48.5 Å². The second-order valence-electron chi connectivity index (χ2n) is 4.54. The fourth-order valence-corrected chi connectivity index (χ4v) is 1.85. The van der Waals surface area contributed by atoms with Gasteiger partial charge in [0, 0.05) is 5.56 Å². The molecule has 0 saturated heterocycles. The van der Waals surface area contributed by atoms with Gasteiger partial charge >= 0.3 is 0 Å². The van der Waals surface area contributed by atoms with Crippen LogP contribution in [-0.4, -0.2) is 12.4 Å². The molecule has 0 aliphatic rings. The quantitative estimate of drug-likeness (QED) is 0.753.